The van der Waals surface area contributed by atoms with Crippen LogP contribution >= 0.6 is 11.6 Å². The molecule has 1 saturated carbocycles. The standard InChI is InChI=1S/C24H28ClN5O4/c25-16-1-2-18(28-14-16)15-34-20-9-12-30(23(32)13-20)21-7-8-22(29-24(21)33)27-11-10-26-17-3-5-19(31)6-4-17/h1-2,7-9,12-14,17,19,26,31H,3-6,10-11,15H2,(H2,27,29,33). The number of hydrogen-bond donors (Lipinski definition) is 4. The van der Waals surface area contributed by atoms with Gasteiger partial charge in [-0.1, -0.05) is 11.6 Å². The minimum Gasteiger partial charge on any atom is -0.487 e. The van der Waals surface area contributed by atoms with Crippen LogP contribution < -0.4 is 26.5 Å². The number of H-pyrrole nitrogens is 1. The van der Waals surface area contributed by atoms with Gasteiger partial charge in [-0.25, -0.2) is 0 Å². The maximum absolute atomic E-state index is 12.6. The predicted octanol–water partition coefficient (Wildman–Crippen LogP) is 2.46. The molecule has 0 atom stereocenters. The lowest BCUT2D eigenvalue weighted by atomic mass is 9.93. The molecule has 0 aliphatic heterocycles. The van der Waals surface area contributed by atoms with E-state index in [1.807, 2.05) is 0 Å². The van der Waals surface area contributed by atoms with E-state index in [1.54, 1.807) is 30.3 Å². The molecule has 4 rings (SSSR count). The van der Waals surface area contributed by atoms with Gasteiger partial charge in [-0.2, -0.15) is 0 Å². The van der Waals surface area contributed by atoms with Gasteiger partial charge in [0.25, 0.3) is 11.1 Å². The number of aromatic amines is 1. The minimum atomic E-state index is -0.380. The molecule has 3 aromatic heterocycles. The Labute approximate surface area is 201 Å². The third-order valence-electron chi connectivity index (χ3n) is 5.78. The molecule has 4 N–H and O–H groups in total. The van der Waals surface area contributed by atoms with Gasteiger partial charge in [-0.15, -0.1) is 0 Å². The fourth-order valence-corrected chi connectivity index (χ4v) is 4.02. The van der Waals surface area contributed by atoms with Crippen molar-refractivity contribution in [2.75, 3.05) is 18.4 Å². The summed E-state index contributed by atoms with van der Waals surface area (Å²) in [7, 11) is 0. The molecule has 0 bridgehead atoms. The first-order chi connectivity index (χ1) is 16.5. The molecule has 1 fully saturated rings. The molecule has 1 aliphatic rings. The van der Waals surface area contributed by atoms with Crippen molar-refractivity contribution in [3.63, 3.8) is 0 Å². The monoisotopic (exact) mass is 485 g/mol. The maximum Gasteiger partial charge on any atom is 0.273 e. The third-order valence-corrected chi connectivity index (χ3v) is 6.01. The molecule has 0 aromatic carbocycles. The Morgan fingerprint density at radius 3 is 2.65 bits per heavy atom. The van der Waals surface area contributed by atoms with Gasteiger partial charge in [0.1, 0.15) is 23.9 Å². The fourth-order valence-electron chi connectivity index (χ4n) is 3.91. The van der Waals surface area contributed by atoms with Crippen LogP contribution in [0.3, 0.4) is 0 Å². The molecule has 0 unspecified atom stereocenters. The molecule has 1 aliphatic carbocycles. The Morgan fingerprint density at radius 2 is 1.94 bits per heavy atom. The van der Waals surface area contributed by atoms with Crippen LogP contribution in [0.15, 0.2) is 58.4 Å². The van der Waals surface area contributed by atoms with E-state index in [2.05, 4.69) is 20.6 Å². The second-order valence-corrected chi connectivity index (χ2v) is 8.74. The lowest BCUT2D eigenvalue weighted by molar-refractivity contribution is 0.117. The van der Waals surface area contributed by atoms with E-state index >= 15 is 0 Å². The van der Waals surface area contributed by atoms with Crippen molar-refractivity contribution in [3.05, 3.63) is 80.2 Å². The number of halogens is 1. The van der Waals surface area contributed by atoms with E-state index in [-0.39, 0.29) is 29.5 Å². The van der Waals surface area contributed by atoms with Gasteiger partial charge in [0.2, 0.25) is 0 Å². The highest BCUT2D eigenvalue weighted by Crippen LogP contribution is 2.18. The maximum atomic E-state index is 12.6. The van der Waals surface area contributed by atoms with Gasteiger partial charge in [0.15, 0.2) is 0 Å². The van der Waals surface area contributed by atoms with Crippen LogP contribution in [0.1, 0.15) is 31.4 Å². The molecule has 0 radical (unpaired) electrons. The number of pyridine rings is 3. The van der Waals surface area contributed by atoms with Crippen LogP contribution in [-0.2, 0) is 6.61 Å². The van der Waals surface area contributed by atoms with Crippen molar-refractivity contribution >= 4 is 17.4 Å². The van der Waals surface area contributed by atoms with E-state index in [0.29, 0.717) is 34.9 Å². The minimum absolute atomic E-state index is 0.164. The van der Waals surface area contributed by atoms with E-state index in [1.165, 1.54) is 23.0 Å². The average molecular weight is 486 g/mol. The van der Waals surface area contributed by atoms with Crippen LogP contribution in [0, 0.1) is 0 Å². The van der Waals surface area contributed by atoms with Crippen LogP contribution in [0.25, 0.3) is 5.69 Å². The van der Waals surface area contributed by atoms with Crippen molar-refractivity contribution in [2.24, 2.45) is 0 Å². The van der Waals surface area contributed by atoms with Gasteiger partial charge in [-0.3, -0.25) is 19.1 Å². The van der Waals surface area contributed by atoms with E-state index in [9.17, 15) is 14.7 Å². The Morgan fingerprint density at radius 1 is 1.12 bits per heavy atom. The van der Waals surface area contributed by atoms with Crippen molar-refractivity contribution in [3.8, 4) is 11.4 Å². The largest absolute Gasteiger partial charge is 0.487 e. The van der Waals surface area contributed by atoms with Crippen molar-refractivity contribution in [2.45, 2.75) is 44.4 Å². The second kappa shape index (κ2) is 11.3. The zero-order chi connectivity index (χ0) is 23.9. The highest BCUT2D eigenvalue weighted by molar-refractivity contribution is 6.30. The van der Waals surface area contributed by atoms with Crippen LogP contribution in [0.4, 0.5) is 5.82 Å². The number of hydrogen-bond acceptors (Lipinski definition) is 7. The molecule has 0 saturated heterocycles. The first kappa shape index (κ1) is 24.0. The number of aromatic nitrogens is 3. The number of aliphatic hydroxyl groups is 1. The number of nitrogens with one attached hydrogen (secondary N) is 3. The molecule has 180 valence electrons. The van der Waals surface area contributed by atoms with Gasteiger partial charge in [0, 0.05) is 37.6 Å². The summed E-state index contributed by atoms with van der Waals surface area (Å²) in [6.07, 6.45) is 6.50. The molecule has 3 aromatic rings. The number of anilines is 1. The number of ether oxygens (including phenoxy) is 1. The summed E-state index contributed by atoms with van der Waals surface area (Å²) in [4.78, 5) is 32.1. The topological polar surface area (TPSA) is 121 Å². The first-order valence-corrected chi connectivity index (χ1v) is 11.7. The normalized spacial score (nSPS) is 17.9. The number of nitrogens with zero attached hydrogens (tertiary/aromatic N) is 2. The Hall–Kier alpha value is -3.14. The SMILES string of the molecule is O=c1[nH]c(NCCNC2CCC(O)CC2)ccc1-n1ccc(OCc2ccc(Cl)cn2)cc1=O. The highest BCUT2D eigenvalue weighted by Gasteiger charge is 2.18. The van der Waals surface area contributed by atoms with Crippen molar-refractivity contribution in [1.29, 1.82) is 0 Å². The van der Waals surface area contributed by atoms with Crippen LogP contribution in [0.2, 0.25) is 5.02 Å². The smallest absolute Gasteiger partial charge is 0.273 e. The average Bonchev–Trinajstić information content (AvgIpc) is 2.83. The van der Waals surface area contributed by atoms with Gasteiger partial charge < -0.3 is 25.5 Å². The molecule has 34 heavy (non-hydrogen) atoms. The summed E-state index contributed by atoms with van der Waals surface area (Å²) < 4.78 is 6.90. The quantitative estimate of drug-likeness (QED) is 0.343. The van der Waals surface area contributed by atoms with Gasteiger partial charge in [0.05, 0.1) is 16.8 Å². The summed E-state index contributed by atoms with van der Waals surface area (Å²) in [6, 6.07) is 10.2. The Bertz CT molecular complexity index is 1200. The van der Waals surface area contributed by atoms with E-state index in [0.717, 1.165) is 32.2 Å². The molecular weight excluding hydrogens is 458 g/mol. The summed E-state index contributed by atoms with van der Waals surface area (Å²) in [6.45, 7) is 1.58. The highest BCUT2D eigenvalue weighted by atomic mass is 35.5. The van der Waals surface area contributed by atoms with Gasteiger partial charge in [-0.05, 0) is 56.0 Å². The third kappa shape index (κ3) is 6.47. The Kier molecular flexibility index (Phi) is 7.99. The van der Waals surface area contributed by atoms with Crippen LogP contribution in [0.5, 0.6) is 5.75 Å². The predicted molar refractivity (Wildman–Crippen MR) is 131 cm³/mol. The zero-order valence-corrected chi connectivity index (χ0v) is 19.4. The second-order valence-electron chi connectivity index (χ2n) is 8.30. The molecule has 0 spiro atoms. The first-order valence-electron chi connectivity index (χ1n) is 11.3. The van der Waals surface area contributed by atoms with Crippen LogP contribution in [-0.4, -0.2) is 44.9 Å². The zero-order valence-electron chi connectivity index (χ0n) is 18.7. The lowest BCUT2D eigenvalue weighted by Gasteiger charge is -2.26. The Balaban J connectivity index is 1.31. The van der Waals surface area contributed by atoms with Crippen molar-refractivity contribution < 1.29 is 9.84 Å². The summed E-state index contributed by atoms with van der Waals surface area (Å²) in [5, 5.41) is 16.8. The van der Waals surface area contributed by atoms with Crippen molar-refractivity contribution in [1.82, 2.24) is 19.9 Å². The number of rotatable bonds is 9. The molecule has 10 heteroatoms. The van der Waals surface area contributed by atoms with E-state index in [4.69, 9.17) is 16.3 Å². The number of aliphatic hydroxyl groups excluding tert-OH is 1. The summed E-state index contributed by atoms with van der Waals surface area (Å²) in [5.74, 6) is 0.964. The molecule has 0 amide bonds. The summed E-state index contributed by atoms with van der Waals surface area (Å²) in [5.41, 5.74) is 0.149. The fraction of sp³-hybridized carbons (Fsp3) is 0.375. The van der Waals surface area contributed by atoms with Gasteiger partial charge >= 0.3 is 0 Å². The molecule has 3 heterocycles. The molecule has 9 nitrogen and oxygen atoms in total. The van der Waals surface area contributed by atoms with E-state index < -0.39 is 0 Å². The summed E-state index contributed by atoms with van der Waals surface area (Å²) >= 11 is 5.82. The lowest BCUT2D eigenvalue weighted by Crippen LogP contribution is -2.37. The molecular formula is C24H28ClN5O4.